The maximum absolute atomic E-state index is 10.1. The summed E-state index contributed by atoms with van der Waals surface area (Å²) in [6, 6.07) is 7.62. The van der Waals surface area contributed by atoms with E-state index in [1.165, 1.54) is 12.1 Å². The molecule has 1 rings (SSSR count). The van der Waals surface area contributed by atoms with Gasteiger partial charge in [-0.05, 0) is 12.1 Å². The minimum absolute atomic E-state index is 0. The van der Waals surface area contributed by atoms with Crippen molar-refractivity contribution in [3.05, 3.63) is 30.3 Å². The molecule has 0 saturated carbocycles. The van der Waals surface area contributed by atoms with Crippen molar-refractivity contribution in [3.8, 4) is 5.75 Å². The number of benzene rings is 1. The van der Waals surface area contributed by atoms with Crippen LogP contribution in [0, 0.1) is 0 Å². The van der Waals surface area contributed by atoms with Crippen LogP contribution in [0.25, 0.3) is 0 Å². The molecule has 6 heteroatoms. The summed E-state index contributed by atoms with van der Waals surface area (Å²) in [6.07, 6.45) is 0. The van der Waals surface area contributed by atoms with E-state index in [1.54, 1.807) is 18.2 Å². The Labute approximate surface area is 80.3 Å². The molecule has 0 radical (unpaired) electrons. The molecule has 0 aliphatic carbocycles. The van der Waals surface area contributed by atoms with Crippen LogP contribution >= 0.6 is 7.82 Å². The van der Waals surface area contributed by atoms with Crippen LogP contribution in [-0.4, -0.2) is 0 Å². The van der Waals surface area contributed by atoms with Crippen LogP contribution < -0.4 is 14.3 Å². The van der Waals surface area contributed by atoms with Gasteiger partial charge < -0.3 is 18.9 Å². The van der Waals surface area contributed by atoms with E-state index in [1.807, 2.05) is 0 Å². The molecule has 0 unspecified atom stereocenters. The molecule has 12 heavy (non-hydrogen) atoms. The number of hydrogen-bond donors (Lipinski definition) is 0. The summed E-state index contributed by atoms with van der Waals surface area (Å²) in [7, 11) is -4.89. The van der Waals surface area contributed by atoms with E-state index in [9.17, 15) is 14.4 Å². The summed E-state index contributed by atoms with van der Waals surface area (Å²) < 4.78 is 14.1. The predicted octanol–water partition coefficient (Wildman–Crippen LogP) is -0.108. The van der Waals surface area contributed by atoms with Gasteiger partial charge in [0.2, 0.25) is 0 Å². The fourth-order valence-corrected chi connectivity index (χ4v) is 0.990. The third kappa shape index (κ3) is 4.54. The Morgan fingerprint density at radius 2 is 1.67 bits per heavy atom. The molecule has 1 aromatic carbocycles. The first-order chi connectivity index (χ1) is 5.08. The quantitative estimate of drug-likeness (QED) is 0.522. The smallest absolute Gasteiger partial charge is 0.780 e. The van der Waals surface area contributed by atoms with Gasteiger partial charge in [-0.15, -0.1) is 0 Å². The van der Waals surface area contributed by atoms with Crippen molar-refractivity contribution >= 4 is 7.82 Å². The maximum Gasteiger partial charge on any atom is 2.00 e. The van der Waals surface area contributed by atoms with E-state index >= 15 is 0 Å². The molecular weight excluding hydrogens is 223 g/mol. The average molecular weight is 228 g/mol. The minimum atomic E-state index is -4.89. The van der Waals surface area contributed by atoms with Crippen molar-refractivity contribution in [2.45, 2.75) is 0 Å². The van der Waals surface area contributed by atoms with Crippen molar-refractivity contribution in [1.82, 2.24) is 0 Å². The SMILES string of the molecule is O=P([O-])([O-])Oc1ccccc1.[Fe+2]. The van der Waals surface area contributed by atoms with Crippen LogP contribution in [0.15, 0.2) is 30.3 Å². The van der Waals surface area contributed by atoms with Gasteiger partial charge in [-0.2, -0.15) is 0 Å². The maximum atomic E-state index is 10.1. The topological polar surface area (TPSA) is 72.4 Å². The molecule has 0 aromatic heterocycles. The molecule has 0 saturated heterocycles. The van der Waals surface area contributed by atoms with E-state index in [4.69, 9.17) is 0 Å². The molecule has 0 atom stereocenters. The number of rotatable bonds is 2. The number of phosphoric ester groups is 1. The van der Waals surface area contributed by atoms with Crippen LogP contribution in [0.2, 0.25) is 0 Å². The van der Waals surface area contributed by atoms with E-state index in [0.29, 0.717) is 0 Å². The van der Waals surface area contributed by atoms with E-state index in [0.717, 1.165) is 0 Å². The molecule has 0 heterocycles. The summed E-state index contributed by atoms with van der Waals surface area (Å²) in [5, 5.41) is 0. The molecule has 4 nitrogen and oxygen atoms in total. The van der Waals surface area contributed by atoms with Gasteiger partial charge >= 0.3 is 17.1 Å². The Morgan fingerprint density at radius 1 is 1.17 bits per heavy atom. The van der Waals surface area contributed by atoms with Crippen molar-refractivity contribution in [3.63, 3.8) is 0 Å². The van der Waals surface area contributed by atoms with Gasteiger partial charge in [-0.1, -0.05) is 18.2 Å². The third-order valence-electron chi connectivity index (χ3n) is 0.960. The molecule has 1 aromatic rings. The third-order valence-corrected chi connectivity index (χ3v) is 1.39. The van der Waals surface area contributed by atoms with E-state index in [-0.39, 0.29) is 22.8 Å². The average Bonchev–Trinajstić information content (AvgIpc) is 1.85. The first kappa shape index (κ1) is 11.7. The summed E-state index contributed by atoms with van der Waals surface area (Å²) in [5.74, 6) is 0.0424. The molecule has 0 amide bonds. The second-order valence-electron chi connectivity index (χ2n) is 1.85. The molecule has 0 aliphatic rings. The molecule has 0 aliphatic heterocycles. The van der Waals surface area contributed by atoms with Crippen LogP contribution in [-0.2, 0) is 21.6 Å². The Bertz CT molecular complexity index is 270. The van der Waals surface area contributed by atoms with Crippen molar-refractivity contribution in [2.75, 3.05) is 0 Å². The monoisotopic (exact) mass is 228 g/mol. The van der Waals surface area contributed by atoms with Gasteiger partial charge in [-0.25, -0.2) is 0 Å². The van der Waals surface area contributed by atoms with Crippen LogP contribution in [0.4, 0.5) is 0 Å². The molecule has 0 spiro atoms. The van der Waals surface area contributed by atoms with Gasteiger partial charge in [0.1, 0.15) is 13.6 Å². The summed E-state index contributed by atoms with van der Waals surface area (Å²) in [5.41, 5.74) is 0. The van der Waals surface area contributed by atoms with Crippen molar-refractivity contribution < 1.29 is 35.9 Å². The second kappa shape index (κ2) is 4.65. The summed E-state index contributed by atoms with van der Waals surface area (Å²) in [6.45, 7) is 0. The van der Waals surface area contributed by atoms with Gasteiger partial charge in [-0.3, -0.25) is 0 Å². The normalized spacial score (nSPS) is 10.2. The number of phosphoric acid groups is 1. The summed E-state index contributed by atoms with van der Waals surface area (Å²) >= 11 is 0. The van der Waals surface area contributed by atoms with Gasteiger partial charge in [0, 0.05) is 0 Å². The fourth-order valence-electron chi connectivity index (χ4n) is 0.610. The molecule has 0 bridgehead atoms. The van der Waals surface area contributed by atoms with E-state index in [2.05, 4.69) is 4.52 Å². The van der Waals surface area contributed by atoms with Gasteiger partial charge in [0.25, 0.3) is 0 Å². The molecule has 0 fully saturated rings. The zero-order valence-electron chi connectivity index (χ0n) is 5.82. The first-order valence-electron chi connectivity index (χ1n) is 2.85. The van der Waals surface area contributed by atoms with Crippen LogP contribution in [0.1, 0.15) is 0 Å². The minimum Gasteiger partial charge on any atom is -0.780 e. The standard InChI is InChI=1S/C6H7O4P.Fe/c7-11(8,9)10-6-4-2-1-3-5-6;/h1-5H,(H2,7,8,9);/q;+2/p-2. The fraction of sp³-hybridized carbons (Fsp3) is 0. The zero-order chi connectivity index (χ0) is 8.32. The molecular formula is C6H5FeO4P. The van der Waals surface area contributed by atoms with Crippen LogP contribution in [0.3, 0.4) is 0 Å². The molecule has 66 valence electrons. The Kier molecular flexibility index (Phi) is 4.53. The zero-order valence-corrected chi connectivity index (χ0v) is 7.82. The summed E-state index contributed by atoms with van der Waals surface area (Å²) in [4.78, 5) is 20.1. The van der Waals surface area contributed by atoms with Gasteiger partial charge in [0.05, 0.1) is 0 Å². The van der Waals surface area contributed by atoms with Crippen molar-refractivity contribution in [2.24, 2.45) is 0 Å². The van der Waals surface area contributed by atoms with E-state index < -0.39 is 7.82 Å². The van der Waals surface area contributed by atoms with Gasteiger partial charge in [0.15, 0.2) is 0 Å². The largest absolute Gasteiger partial charge is 2.00 e. The Morgan fingerprint density at radius 3 is 2.08 bits per heavy atom. The Hall–Kier alpha value is -0.311. The number of hydrogen-bond acceptors (Lipinski definition) is 4. The van der Waals surface area contributed by atoms with Crippen LogP contribution in [0.5, 0.6) is 5.75 Å². The first-order valence-corrected chi connectivity index (χ1v) is 4.31. The predicted molar refractivity (Wildman–Crippen MR) is 34.7 cm³/mol. The van der Waals surface area contributed by atoms with Crippen molar-refractivity contribution in [1.29, 1.82) is 0 Å². The number of para-hydroxylation sites is 1. The second-order valence-corrected chi connectivity index (χ2v) is 2.93. The Balaban J connectivity index is 0.00000121. The molecule has 0 N–H and O–H groups in total.